The van der Waals surface area contributed by atoms with Gasteiger partial charge in [-0.25, -0.2) is 4.98 Å². The summed E-state index contributed by atoms with van der Waals surface area (Å²) in [6, 6.07) is 0.316. The fourth-order valence-electron chi connectivity index (χ4n) is 0.892. The number of rotatable bonds is 3. The van der Waals surface area contributed by atoms with Crippen molar-refractivity contribution in [2.75, 3.05) is 7.11 Å². The average Bonchev–Trinajstić information content (AvgIpc) is 2.08. The lowest BCUT2D eigenvalue weighted by Crippen LogP contribution is -2.03. The molecule has 72 valence electrons. The fourth-order valence-corrected chi connectivity index (χ4v) is 1.21. The van der Waals surface area contributed by atoms with Gasteiger partial charge in [-0.3, -0.25) is 0 Å². The van der Waals surface area contributed by atoms with Gasteiger partial charge in [0, 0.05) is 11.8 Å². The number of methoxy groups -OCH3 is 1. The molecular formula is C8H10Cl2N2O. The topological polar surface area (TPSA) is 35.0 Å². The van der Waals surface area contributed by atoms with Crippen LogP contribution in [0.4, 0.5) is 0 Å². The van der Waals surface area contributed by atoms with Crippen molar-refractivity contribution in [3.63, 3.8) is 0 Å². The lowest BCUT2D eigenvalue weighted by molar-refractivity contribution is 0.378. The highest BCUT2D eigenvalue weighted by Crippen LogP contribution is 2.17. The van der Waals surface area contributed by atoms with Gasteiger partial charge in [0.05, 0.1) is 24.0 Å². The Bertz CT molecular complexity index is 291. The monoisotopic (exact) mass is 220 g/mol. The van der Waals surface area contributed by atoms with Crippen molar-refractivity contribution in [3.8, 4) is 6.01 Å². The van der Waals surface area contributed by atoms with Crippen molar-refractivity contribution in [2.24, 2.45) is 0 Å². The maximum atomic E-state index is 5.86. The molecule has 0 aliphatic rings. The van der Waals surface area contributed by atoms with Gasteiger partial charge in [0.15, 0.2) is 0 Å². The summed E-state index contributed by atoms with van der Waals surface area (Å²) in [5, 5.41) is 0.519. The second kappa shape index (κ2) is 4.63. The van der Waals surface area contributed by atoms with E-state index in [0.717, 1.165) is 5.69 Å². The number of halogens is 2. The molecule has 0 bridgehead atoms. The van der Waals surface area contributed by atoms with Crippen LogP contribution in [0.2, 0.25) is 5.02 Å². The van der Waals surface area contributed by atoms with Crippen LogP contribution in [0.1, 0.15) is 12.6 Å². The van der Waals surface area contributed by atoms with Gasteiger partial charge >= 0.3 is 6.01 Å². The lowest BCUT2D eigenvalue weighted by Gasteiger charge is -2.05. The van der Waals surface area contributed by atoms with Crippen molar-refractivity contribution in [3.05, 3.63) is 16.9 Å². The quantitative estimate of drug-likeness (QED) is 0.734. The molecule has 1 rings (SSSR count). The number of hydrogen-bond acceptors (Lipinski definition) is 3. The summed E-state index contributed by atoms with van der Waals surface area (Å²) in [4.78, 5) is 7.94. The molecule has 0 N–H and O–H groups in total. The van der Waals surface area contributed by atoms with Crippen LogP contribution in [0.15, 0.2) is 6.20 Å². The molecule has 1 heterocycles. The molecule has 1 atom stereocenters. The summed E-state index contributed by atoms with van der Waals surface area (Å²) in [5.41, 5.74) is 0.719. The third-order valence-electron chi connectivity index (χ3n) is 1.45. The first-order valence-electron chi connectivity index (χ1n) is 3.83. The van der Waals surface area contributed by atoms with E-state index in [1.807, 2.05) is 6.92 Å². The second-order valence-electron chi connectivity index (χ2n) is 2.64. The molecule has 3 nitrogen and oxygen atoms in total. The first kappa shape index (κ1) is 10.5. The molecule has 0 spiro atoms. The van der Waals surface area contributed by atoms with Gasteiger partial charge < -0.3 is 4.74 Å². The van der Waals surface area contributed by atoms with Crippen molar-refractivity contribution in [2.45, 2.75) is 18.7 Å². The van der Waals surface area contributed by atoms with E-state index in [1.54, 1.807) is 0 Å². The number of nitrogens with zero attached hydrogens (tertiary/aromatic N) is 2. The third kappa shape index (κ3) is 3.01. The molecule has 0 radical (unpaired) electrons. The highest BCUT2D eigenvalue weighted by atomic mass is 35.5. The van der Waals surface area contributed by atoms with Crippen LogP contribution >= 0.6 is 23.2 Å². The molecule has 0 fully saturated rings. The van der Waals surface area contributed by atoms with Crippen LogP contribution in [-0.4, -0.2) is 22.5 Å². The van der Waals surface area contributed by atoms with E-state index in [4.69, 9.17) is 27.9 Å². The molecule has 1 aromatic heterocycles. The standard InChI is InChI=1S/C8H10Cl2N2O/c1-5(9)3-7-6(10)4-11-8(12-7)13-2/h4-5H,3H2,1-2H3. The van der Waals surface area contributed by atoms with Gasteiger partial charge in [-0.15, -0.1) is 11.6 Å². The van der Waals surface area contributed by atoms with Crippen molar-refractivity contribution in [1.29, 1.82) is 0 Å². The summed E-state index contributed by atoms with van der Waals surface area (Å²) >= 11 is 11.7. The molecule has 0 aliphatic heterocycles. The predicted molar refractivity (Wildman–Crippen MR) is 52.6 cm³/mol. The zero-order chi connectivity index (χ0) is 9.84. The number of aromatic nitrogens is 2. The van der Waals surface area contributed by atoms with Crippen molar-refractivity contribution >= 4 is 23.2 Å². The Morgan fingerprint density at radius 2 is 2.31 bits per heavy atom. The molecule has 1 aromatic rings. The molecule has 0 aromatic carbocycles. The molecule has 5 heteroatoms. The number of alkyl halides is 1. The summed E-state index contributed by atoms with van der Waals surface area (Å²) in [5.74, 6) is 0. The van der Waals surface area contributed by atoms with E-state index in [2.05, 4.69) is 9.97 Å². The first-order valence-corrected chi connectivity index (χ1v) is 4.64. The fraction of sp³-hybridized carbons (Fsp3) is 0.500. The molecule has 0 saturated heterocycles. The maximum Gasteiger partial charge on any atom is 0.316 e. The highest BCUT2D eigenvalue weighted by molar-refractivity contribution is 6.31. The van der Waals surface area contributed by atoms with E-state index in [0.29, 0.717) is 17.5 Å². The van der Waals surface area contributed by atoms with Crippen LogP contribution in [0.25, 0.3) is 0 Å². The number of ether oxygens (including phenoxy) is 1. The predicted octanol–water partition coefficient (Wildman–Crippen LogP) is 2.31. The van der Waals surface area contributed by atoms with Gasteiger partial charge in [0.1, 0.15) is 0 Å². The van der Waals surface area contributed by atoms with E-state index < -0.39 is 0 Å². The van der Waals surface area contributed by atoms with Crippen LogP contribution in [0.5, 0.6) is 6.01 Å². The van der Waals surface area contributed by atoms with E-state index in [9.17, 15) is 0 Å². The summed E-state index contributed by atoms with van der Waals surface area (Å²) in [6.07, 6.45) is 2.13. The largest absolute Gasteiger partial charge is 0.467 e. The number of hydrogen-bond donors (Lipinski definition) is 0. The maximum absolute atomic E-state index is 5.86. The van der Waals surface area contributed by atoms with E-state index in [-0.39, 0.29) is 5.38 Å². The Morgan fingerprint density at radius 1 is 1.62 bits per heavy atom. The minimum Gasteiger partial charge on any atom is -0.467 e. The molecule has 0 amide bonds. The van der Waals surface area contributed by atoms with Gasteiger partial charge in [0.25, 0.3) is 0 Å². The Labute approximate surface area is 87.1 Å². The minimum absolute atomic E-state index is 0.00268. The van der Waals surface area contributed by atoms with Crippen LogP contribution in [0, 0.1) is 0 Å². The molecule has 0 aliphatic carbocycles. The smallest absolute Gasteiger partial charge is 0.316 e. The highest BCUT2D eigenvalue weighted by Gasteiger charge is 2.08. The zero-order valence-corrected chi connectivity index (χ0v) is 8.93. The Balaban J connectivity index is 2.90. The third-order valence-corrected chi connectivity index (χ3v) is 1.92. The summed E-state index contributed by atoms with van der Waals surface area (Å²) < 4.78 is 4.87. The molecular weight excluding hydrogens is 211 g/mol. The first-order chi connectivity index (χ1) is 6.13. The Kier molecular flexibility index (Phi) is 3.75. The van der Waals surface area contributed by atoms with Gasteiger partial charge in [-0.2, -0.15) is 4.98 Å². The Morgan fingerprint density at radius 3 is 2.85 bits per heavy atom. The average molecular weight is 221 g/mol. The van der Waals surface area contributed by atoms with Crippen molar-refractivity contribution < 1.29 is 4.74 Å². The van der Waals surface area contributed by atoms with Gasteiger partial charge in [-0.05, 0) is 6.92 Å². The zero-order valence-electron chi connectivity index (χ0n) is 7.42. The van der Waals surface area contributed by atoms with Gasteiger partial charge in [-0.1, -0.05) is 11.6 Å². The summed E-state index contributed by atoms with van der Waals surface area (Å²) in [6.45, 7) is 1.88. The SMILES string of the molecule is COc1ncc(Cl)c(CC(C)Cl)n1. The summed E-state index contributed by atoms with van der Waals surface area (Å²) in [7, 11) is 1.51. The molecule has 0 saturated carbocycles. The van der Waals surface area contributed by atoms with Crippen LogP contribution in [0.3, 0.4) is 0 Å². The normalized spacial score (nSPS) is 12.6. The minimum atomic E-state index is -0.00268. The Hall–Kier alpha value is -0.540. The molecule has 1 unspecified atom stereocenters. The second-order valence-corrected chi connectivity index (χ2v) is 3.79. The lowest BCUT2D eigenvalue weighted by atomic mass is 10.2. The van der Waals surface area contributed by atoms with Crippen LogP contribution < -0.4 is 4.74 Å². The molecule has 13 heavy (non-hydrogen) atoms. The van der Waals surface area contributed by atoms with E-state index in [1.165, 1.54) is 13.3 Å². The van der Waals surface area contributed by atoms with E-state index >= 15 is 0 Å². The van der Waals surface area contributed by atoms with Crippen molar-refractivity contribution in [1.82, 2.24) is 9.97 Å². The van der Waals surface area contributed by atoms with Gasteiger partial charge in [0.2, 0.25) is 0 Å². The van der Waals surface area contributed by atoms with Crippen LogP contribution in [-0.2, 0) is 6.42 Å².